The lowest BCUT2D eigenvalue weighted by molar-refractivity contribution is -0.328. The van der Waals surface area contributed by atoms with E-state index in [4.69, 9.17) is 61.6 Å². The van der Waals surface area contributed by atoms with Gasteiger partial charge in [-0.2, -0.15) is 0 Å². The summed E-state index contributed by atoms with van der Waals surface area (Å²) in [6, 6.07) is 19.8. The second-order valence-corrected chi connectivity index (χ2v) is 19.5. The van der Waals surface area contributed by atoms with Crippen LogP contribution in [0.3, 0.4) is 0 Å². The molecule has 0 bridgehead atoms. The fourth-order valence-electron chi connectivity index (χ4n) is 10.0. The van der Waals surface area contributed by atoms with Crippen molar-refractivity contribution >= 4 is 47.8 Å². The van der Waals surface area contributed by atoms with Crippen molar-refractivity contribution in [1.29, 1.82) is 0 Å². The first kappa shape index (κ1) is 59.9. The molecule has 0 spiro atoms. The highest BCUT2D eigenvalue weighted by atomic mass is 16.8. The van der Waals surface area contributed by atoms with Crippen molar-refractivity contribution in [3.05, 3.63) is 106 Å². The Morgan fingerprint density at radius 2 is 1.39 bits per heavy atom. The monoisotopic (exact) mass is 1120 g/mol. The SMILES string of the molecule is COC(=O)[C@@]1(OC[C@H]2O[C@H](OC[C@H](NC(=O)OCC3c4ccccc4-c4ccccc43)C(=O)OCc3ccccc3)[C@H](N=[N+]=[N-])[C@H]3OC(C)(C)O[C@H]32)C[C@H](OC(C)=O)[C@@H](NC(C)=O)[C@H]([C@H](OC(C)=O)[C@@H](COC(C)=O)OC(C)=O)O1. The lowest BCUT2D eigenvalue weighted by atomic mass is 9.87. The third-order valence-electron chi connectivity index (χ3n) is 13.2. The van der Waals surface area contributed by atoms with Gasteiger partial charge >= 0.3 is 41.9 Å². The fraction of sp³-hybridized carbons (Fsp3) is 0.519. The number of nitrogens with zero attached hydrogens (tertiary/aromatic N) is 3. The molecule has 26 nitrogen and oxygen atoms in total. The molecule has 0 aromatic heterocycles. The summed E-state index contributed by atoms with van der Waals surface area (Å²) in [5, 5.41) is 9.07. The van der Waals surface area contributed by atoms with Crippen LogP contribution in [0.25, 0.3) is 21.6 Å². The standard InChI is InChI=1S/C54H63N5O21/c1-28(60)56-43-40(74-30(3)62)22-54(51(66)68-8,80-47(43)45(76-32(5)64)41(75-31(4)63)26-69-29(2)61)73-27-42-46-48(79-53(6,7)78-46)44(58-59-55)50(77-42)71-25-39(49(65)70-23-33-16-10-9-11-17-33)57-52(67)72-24-38-36-20-14-12-18-34(36)35-19-13-15-21-37(35)38/h9-21,38-48,50H,22-27H2,1-8H3,(H,56,60)(H,57,67)/t39-,40-,41+,42+,43+,44+,45+,46-,47+,48+,50-,54+/m0/s1. The van der Waals surface area contributed by atoms with Gasteiger partial charge in [-0.15, -0.1) is 0 Å². The fourth-order valence-corrected chi connectivity index (χ4v) is 10.0. The van der Waals surface area contributed by atoms with Gasteiger partial charge in [0.2, 0.25) is 5.91 Å². The molecule has 4 aliphatic rings. The summed E-state index contributed by atoms with van der Waals surface area (Å²) in [6.45, 7) is 5.88. The Bertz CT molecular complexity index is 2770. The van der Waals surface area contributed by atoms with E-state index in [0.717, 1.165) is 64.0 Å². The summed E-state index contributed by atoms with van der Waals surface area (Å²) in [5.41, 5.74) is 14.4. The van der Waals surface area contributed by atoms with Crippen LogP contribution < -0.4 is 10.6 Å². The molecule has 3 saturated heterocycles. The molecule has 2 N–H and O–H groups in total. The molecule has 0 saturated carbocycles. The van der Waals surface area contributed by atoms with Crippen LogP contribution in [0.5, 0.6) is 0 Å². The molecular weight excluding hydrogens is 1050 g/mol. The van der Waals surface area contributed by atoms with Crippen molar-refractivity contribution in [1.82, 2.24) is 10.6 Å². The Hall–Kier alpha value is -7.71. The molecule has 80 heavy (non-hydrogen) atoms. The number of rotatable bonds is 22. The largest absolute Gasteiger partial charge is 0.465 e. The van der Waals surface area contributed by atoms with Crippen LogP contribution in [0.1, 0.15) is 77.5 Å². The van der Waals surface area contributed by atoms with E-state index in [2.05, 4.69) is 20.7 Å². The van der Waals surface area contributed by atoms with Crippen LogP contribution in [0, 0.1) is 0 Å². The molecule has 1 aliphatic carbocycles. The van der Waals surface area contributed by atoms with E-state index in [1.165, 1.54) is 0 Å². The lowest BCUT2D eigenvalue weighted by Crippen LogP contribution is -2.69. The van der Waals surface area contributed by atoms with Crippen LogP contribution in [-0.4, -0.2) is 160 Å². The van der Waals surface area contributed by atoms with Gasteiger partial charge in [0.05, 0.1) is 32.8 Å². The molecule has 3 fully saturated rings. The van der Waals surface area contributed by atoms with E-state index in [1.807, 2.05) is 48.5 Å². The van der Waals surface area contributed by atoms with Gasteiger partial charge in [0.15, 0.2) is 30.3 Å². The maximum absolute atomic E-state index is 14.3. The van der Waals surface area contributed by atoms with Crippen molar-refractivity contribution in [3.63, 3.8) is 0 Å². The number of ether oxygens (including phenoxy) is 13. The maximum Gasteiger partial charge on any atom is 0.407 e. The van der Waals surface area contributed by atoms with Gasteiger partial charge < -0.3 is 72.2 Å². The number of fused-ring (bicyclic) bond motifs is 4. The molecule has 0 unspecified atom stereocenters. The molecule has 2 amide bonds. The minimum atomic E-state index is -2.69. The van der Waals surface area contributed by atoms with Crippen molar-refractivity contribution < 1.29 is 99.9 Å². The van der Waals surface area contributed by atoms with E-state index in [9.17, 15) is 43.9 Å². The molecule has 7 rings (SSSR count). The van der Waals surface area contributed by atoms with Crippen molar-refractivity contribution in [2.75, 3.05) is 33.5 Å². The highest BCUT2D eigenvalue weighted by Gasteiger charge is 2.61. The van der Waals surface area contributed by atoms with Gasteiger partial charge in [-0.25, -0.2) is 14.4 Å². The number of azide groups is 1. The molecule has 3 aromatic carbocycles. The Kier molecular flexibility index (Phi) is 19.9. The Morgan fingerprint density at radius 3 is 1.99 bits per heavy atom. The van der Waals surface area contributed by atoms with Crippen LogP contribution in [0.4, 0.5) is 4.79 Å². The molecule has 3 aromatic rings. The molecule has 3 heterocycles. The number of hydrogen-bond acceptors (Lipinski definition) is 22. The first-order valence-electron chi connectivity index (χ1n) is 25.4. The van der Waals surface area contributed by atoms with E-state index in [-0.39, 0.29) is 19.1 Å². The Labute approximate surface area is 459 Å². The Morgan fingerprint density at radius 1 is 0.750 bits per heavy atom. The smallest absolute Gasteiger partial charge is 0.407 e. The van der Waals surface area contributed by atoms with E-state index in [0.29, 0.717) is 5.56 Å². The molecule has 3 aliphatic heterocycles. The third-order valence-corrected chi connectivity index (χ3v) is 13.2. The van der Waals surface area contributed by atoms with Gasteiger partial charge in [-0.05, 0) is 47.2 Å². The minimum Gasteiger partial charge on any atom is -0.465 e. The number of methoxy groups -OCH3 is 1. The molecular formula is C54H63N5O21. The van der Waals surface area contributed by atoms with Crippen LogP contribution >= 0.6 is 0 Å². The van der Waals surface area contributed by atoms with Gasteiger partial charge in [-0.3, -0.25) is 24.0 Å². The summed E-state index contributed by atoms with van der Waals surface area (Å²) in [7, 11) is 0.980. The van der Waals surface area contributed by atoms with Gasteiger partial charge in [0.1, 0.15) is 56.4 Å². The molecule has 430 valence electrons. The summed E-state index contributed by atoms with van der Waals surface area (Å²) in [6.07, 6.45) is -14.1. The average molecular weight is 1120 g/mol. The van der Waals surface area contributed by atoms with E-state index >= 15 is 0 Å². The predicted octanol–water partition coefficient (Wildman–Crippen LogP) is 4.12. The highest BCUT2D eigenvalue weighted by molar-refractivity contribution is 5.82. The zero-order valence-corrected chi connectivity index (χ0v) is 45.1. The first-order valence-corrected chi connectivity index (χ1v) is 25.4. The van der Waals surface area contributed by atoms with E-state index < -0.39 is 153 Å². The van der Waals surface area contributed by atoms with Gasteiger partial charge in [0.25, 0.3) is 5.79 Å². The van der Waals surface area contributed by atoms with Gasteiger partial charge in [0, 0.05) is 45.4 Å². The second-order valence-electron chi connectivity index (χ2n) is 19.5. The van der Waals surface area contributed by atoms with Crippen LogP contribution in [-0.2, 0) is 102 Å². The summed E-state index contributed by atoms with van der Waals surface area (Å²) in [4.78, 5) is 108. The number of benzene rings is 3. The molecule has 26 heteroatoms. The normalized spacial score (nSPS) is 25.4. The van der Waals surface area contributed by atoms with Crippen LogP contribution in [0.2, 0.25) is 0 Å². The number of carbonyl (C=O) groups is 8. The maximum atomic E-state index is 14.3. The van der Waals surface area contributed by atoms with Crippen molar-refractivity contribution in [3.8, 4) is 11.1 Å². The zero-order valence-electron chi connectivity index (χ0n) is 45.1. The number of hydrogen-bond donors (Lipinski definition) is 2. The second kappa shape index (κ2) is 26.5. The molecule has 0 radical (unpaired) electrons. The topological polar surface area (TPSA) is 329 Å². The number of amides is 2. The van der Waals surface area contributed by atoms with Gasteiger partial charge in [-0.1, -0.05) is 84.0 Å². The average Bonchev–Trinajstić information content (AvgIpc) is 3.97. The van der Waals surface area contributed by atoms with Crippen molar-refractivity contribution in [2.24, 2.45) is 5.11 Å². The number of alkyl carbamates (subject to hydrolysis) is 1. The van der Waals surface area contributed by atoms with Crippen LogP contribution in [0.15, 0.2) is 84.0 Å². The number of carbonyl (C=O) groups excluding carboxylic acids is 8. The summed E-state index contributed by atoms with van der Waals surface area (Å²) >= 11 is 0. The Balaban J connectivity index is 1.18. The third kappa shape index (κ3) is 14.7. The van der Waals surface area contributed by atoms with E-state index in [1.54, 1.807) is 44.2 Å². The quantitative estimate of drug-likeness (QED) is 0.0470. The summed E-state index contributed by atoms with van der Waals surface area (Å²) < 4.78 is 76.7. The zero-order chi connectivity index (χ0) is 57.9. The first-order chi connectivity index (χ1) is 38.1. The number of esters is 6. The number of nitrogens with one attached hydrogen (secondary N) is 2. The highest BCUT2D eigenvalue weighted by Crippen LogP contribution is 2.45. The minimum absolute atomic E-state index is 0.104. The molecule has 12 atom stereocenters. The predicted molar refractivity (Wildman–Crippen MR) is 271 cm³/mol. The summed E-state index contributed by atoms with van der Waals surface area (Å²) in [5.74, 6) is -11.0. The van der Waals surface area contributed by atoms with Crippen molar-refractivity contribution in [2.45, 2.75) is 146 Å². The lowest BCUT2D eigenvalue weighted by Gasteiger charge is -2.49.